The molecule has 0 aromatic rings. The minimum atomic E-state index is -3.44. The second-order valence-electron chi connectivity index (χ2n) is 4.89. The summed E-state index contributed by atoms with van der Waals surface area (Å²) in [7, 11) is -3.44. The maximum Gasteiger partial charge on any atom is 0.238 e. The van der Waals surface area contributed by atoms with E-state index >= 15 is 0 Å². The fourth-order valence-corrected chi connectivity index (χ4v) is 2.54. The highest BCUT2D eigenvalue weighted by atomic mass is 32.2. The van der Waals surface area contributed by atoms with E-state index in [-0.39, 0.29) is 12.4 Å². The molecule has 0 aliphatic rings. The molecule has 0 aromatic carbocycles. The van der Waals surface area contributed by atoms with Crippen LogP contribution in [0.5, 0.6) is 0 Å². The summed E-state index contributed by atoms with van der Waals surface area (Å²) in [5.74, 6) is 0.189. The average Bonchev–Trinajstić information content (AvgIpc) is 2.33. The first-order chi connectivity index (χ1) is 8.67. The number of hydrogen-bond acceptors (Lipinski definition) is 5. The zero-order valence-corrected chi connectivity index (χ0v) is 13.5. The zero-order chi connectivity index (χ0) is 15.1. The molecule has 0 radical (unpaired) electrons. The van der Waals surface area contributed by atoms with Crippen LogP contribution in [-0.2, 0) is 14.8 Å². The molecule has 114 valence electrons. The van der Waals surface area contributed by atoms with Gasteiger partial charge in [0.15, 0.2) is 0 Å². The molecule has 0 fully saturated rings. The van der Waals surface area contributed by atoms with Gasteiger partial charge in [0.2, 0.25) is 15.9 Å². The maximum atomic E-state index is 12.1. The van der Waals surface area contributed by atoms with E-state index in [9.17, 15) is 13.2 Å². The van der Waals surface area contributed by atoms with Crippen LogP contribution < -0.4 is 10.0 Å². The summed E-state index contributed by atoms with van der Waals surface area (Å²) in [6.07, 6.45) is 2.30. The number of carbonyl (C=O) groups is 1. The fourth-order valence-electron chi connectivity index (χ4n) is 1.24. The normalized spacial score (nSPS) is 14.2. The van der Waals surface area contributed by atoms with Crippen LogP contribution in [0.4, 0.5) is 0 Å². The second kappa shape index (κ2) is 8.08. The van der Waals surface area contributed by atoms with E-state index in [2.05, 4.69) is 10.0 Å². The monoisotopic (exact) mass is 312 g/mol. The largest absolute Gasteiger partial charge is 0.394 e. The van der Waals surface area contributed by atoms with Crippen molar-refractivity contribution in [2.45, 2.75) is 38.8 Å². The first kappa shape index (κ1) is 18.7. The number of sulfonamides is 1. The molecule has 0 saturated carbocycles. The third kappa shape index (κ3) is 7.76. The first-order valence-corrected chi connectivity index (χ1v) is 9.14. The van der Waals surface area contributed by atoms with Crippen molar-refractivity contribution in [3.8, 4) is 0 Å². The Morgan fingerprint density at radius 1 is 1.42 bits per heavy atom. The Morgan fingerprint density at radius 3 is 2.42 bits per heavy atom. The Hall–Kier alpha value is -0.310. The molecule has 0 spiro atoms. The molecule has 1 unspecified atom stereocenters. The molecule has 0 aliphatic carbocycles. The van der Waals surface area contributed by atoms with Crippen molar-refractivity contribution in [1.82, 2.24) is 10.0 Å². The van der Waals surface area contributed by atoms with Gasteiger partial charge in [0.25, 0.3) is 0 Å². The van der Waals surface area contributed by atoms with Gasteiger partial charge in [-0.3, -0.25) is 4.79 Å². The summed E-state index contributed by atoms with van der Waals surface area (Å²) in [4.78, 5) is 12.1. The van der Waals surface area contributed by atoms with Crippen LogP contribution in [-0.4, -0.2) is 55.4 Å². The highest BCUT2D eigenvalue weighted by Crippen LogP contribution is 2.06. The van der Waals surface area contributed by atoms with Gasteiger partial charge in [-0.1, -0.05) is 0 Å². The lowest BCUT2D eigenvalue weighted by atomic mass is 10.1. The van der Waals surface area contributed by atoms with Gasteiger partial charge in [0, 0.05) is 0 Å². The SMILES string of the molecule is CCS(=O)(=O)NC(CCSC)C(=O)NC(C)(C)CO. The minimum Gasteiger partial charge on any atom is -0.394 e. The number of carbonyl (C=O) groups excluding carboxylic acids is 1. The van der Waals surface area contributed by atoms with Crippen molar-refractivity contribution in [1.29, 1.82) is 0 Å². The van der Waals surface area contributed by atoms with Gasteiger partial charge in [-0.2, -0.15) is 11.8 Å². The summed E-state index contributed by atoms with van der Waals surface area (Å²) in [6.45, 7) is 4.65. The Bertz CT molecular complexity index is 382. The van der Waals surface area contributed by atoms with E-state index in [4.69, 9.17) is 5.11 Å². The number of rotatable bonds is 9. The van der Waals surface area contributed by atoms with Crippen molar-refractivity contribution in [2.75, 3.05) is 24.4 Å². The number of thioether (sulfide) groups is 1. The average molecular weight is 312 g/mol. The third-order valence-electron chi connectivity index (χ3n) is 2.49. The number of amides is 1. The van der Waals surface area contributed by atoms with Crippen LogP contribution in [0.1, 0.15) is 27.2 Å². The van der Waals surface area contributed by atoms with Crippen LogP contribution in [0.15, 0.2) is 0 Å². The smallest absolute Gasteiger partial charge is 0.238 e. The van der Waals surface area contributed by atoms with E-state index < -0.39 is 27.5 Å². The number of hydrogen-bond donors (Lipinski definition) is 3. The van der Waals surface area contributed by atoms with Crippen LogP contribution in [0.3, 0.4) is 0 Å². The molecule has 19 heavy (non-hydrogen) atoms. The molecule has 0 saturated heterocycles. The molecular weight excluding hydrogens is 288 g/mol. The molecule has 3 N–H and O–H groups in total. The van der Waals surface area contributed by atoms with Crippen molar-refractivity contribution in [2.24, 2.45) is 0 Å². The highest BCUT2D eigenvalue weighted by Gasteiger charge is 2.27. The van der Waals surface area contributed by atoms with Crippen molar-refractivity contribution in [3.63, 3.8) is 0 Å². The lowest BCUT2D eigenvalue weighted by Gasteiger charge is -2.27. The number of aliphatic hydroxyl groups excluding tert-OH is 1. The van der Waals surface area contributed by atoms with Crippen molar-refractivity contribution in [3.05, 3.63) is 0 Å². The maximum absolute atomic E-state index is 12.1. The van der Waals surface area contributed by atoms with Gasteiger partial charge < -0.3 is 10.4 Å². The van der Waals surface area contributed by atoms with Crippen molar-refractivity contribution >= 4 is 27.7 Å². The number of aliphatic hydroxyl groups is 1. The lowest BCUT2D eigenvalue weighted by molar-refractivity contribution is -0.124. The lowest BCUT2D eigenvalue weighted by Crippen LogP contribution is -2.54. The van der Waals surface area contributed by atoms with E-state index in [0.29, 0.717) is 12.2 Å². The minimum absolute atomic E-state index is 0.0700. The number of nitrogens with one attached hydrogen (secondary N) is 2. The van der Waals surface area contributed by atoms with Gasteiger partial charge in [0.05, 0.1) is 17.9 Å². The fraction of sp³-hybridized carbons (Fsp3) is 0.909. The standard InChI is InChI=1S/C11H24N2O4S2/c1-5-19(16,17)13-9(6-7-18-4)10(15)12-11(2,3)8-14/h9,13-14H,5-8H2,1-4H3,(H,12,15). The quantitative estimate of drug-likeness (QED) is 0.554. The van der Waals surface area contributed by atoms with Crippen LogP contribution in [0, 0.1) is 0 Å². The summed E-state index contributed by atoms with van der Waals surface area (Å²) in [5, 5.41) is 11.8. The predicted octanol–water partition coefficient (Wildman–Crippen LogP) is -0.0655. The first-order valence-electron chi connectivity index (χ1n) is 6.09. The molecule has 0 bridgehead atoms. The second-order valence-corrected chi connectivity index (χ2v) is 7.91. The summed E-state index contributed by atoms with van der Waals surface area (Å²) < 4.78 is 25.5. The molecule has 6 nitrogen and oxygen atoms in total. The van der Waals surface area contributed by atoms with Gasteiger partial charge in [-0.25, -0.2) is 13.1 Å². The Balaban J connectivity index is 4.79. The predicted molar refractivity (Wildman–Crippen MR) is 78.7 cm³/mol. The summed E-state index contributed by atoms with van der Waals surface area (Å²) >= 11 is 1.54. The molecule has 0 aliphatic heterocycles. The van der Waals surface area contributed by atoms with Gasteiger partial charge in [-0.05, 0) is 39.2 Å². The molecular formula is C11H24N2O4S2. The van der Waals surface area contributed by atoms with E-state index in [0.717, 1.165) is 0 Å². The molecule has 1 atom stereocenters. The van der Waals surface area contributed by atoms with Gasteiger partial charge in [-0.15, -0.1) is 0 Å². The molecule has 8 heteroatoms. The van der Waals surface area contributed by atoms with Gasteiger partial charge in [0.1, 0.15) is 6.04 Å². The topological polar surface area (TPSA) is 95.5 Å². The van der Waals surface area contributed by atoms with Crippen LogP contribution >= 0.6 is 11.8 Å². The van der Waals surface area contributed by atoms with Crippen molar-refractivity contribution < 1.29 is 18.3 Å². The van der Waals surface area contributed by atoms with Crippen LogP contribution in [0.2, 0.25) is 0 Å². The summed E-state index contributed by atoms with van der Waals surface area (Å²) in [5.41, 5.74) is -0.771. The Labute approximate surface area is 119 Å². The van der Waals surface area contributed by atoms with E-state index in [1.54, 1.807) is 25.6 Å². The molecule has 1 amide bonds. The molecule has 0 rings (SSSR count). The third-order valence-corrected chi connectivity index (χ3v) is 4.53. The summed E-state index contributed by atoms with van der Waals surface area (Å²) in [6, 6.07) is -0.803. The molecule has 0 heterocycles. The van der Waals surface area contributed by atoms with E-state index in [1.165, 1.54) is 6.92 Å². The Kier molecular flexibility index (Phi) is 7.95. The van der Waals surface area contributed by atoms with E-state index in [1.807, 2.05) is 6.26 Å². The Morgan fingerprint density at radius 2 is 2.00 bits per heavy atom. The highest BCUT2D eigenvalue weighted by molar-refractivity contribution is 7.98. The molecule has 0 aromatic heterocycles. The zero-order valence-electron chi connectivity index (χ0n) is 11.9. The van der Waals surface area contributed by atoms with Crippen LogP contribution in [0.25, 0.3) is 0 Å². The van der Waals surface area contributed by atoms with Gasteiger partial charge >= 0.3 is 0 Å².